The molecule has 0 fully saturated rings. The van der Waals surface area contributed by atoms with Crippen molar-refractivity contribution in [2.45, 2.75) is 0 Å². The molecule has 0 saturated heterocycles. The van der Waals surface area contributed by atoms with Crippen molar-refractivity contribution in [1.29, 1.82) is 0 Å². The zero-order chi connectivity index (χ0) is 34.4. The Kier molecular flexibility index (Phi) is 7.10. The highest BCUT2D eigenvalue weighted by molar-refractivity contribution is 6.20. The van der Waals surface area contributed by atoms with Crippen LogP contribution in [-0.2, 0) is 0 Å². The van der Waals surface area contributed by atoms with E-state index in [1.807, 2.05) is 12.3 Å². The van der Waals surface area contributed by atoms with Gasteiger partial charge in [-0.15, -0.1) is 0 Å². The Balaban J connectivity index is 1.13. The Morgan fingerprint density at radius 1 is 0.288 bits per heavy atom. The lowest BCUT2D eigenvalue weighted by Gasteiger charge is -2.13. The van der Waals surface area contributed by atoms with E-state index < -0.39 is 0 Å². The number of fused-ring (bicyclic) bond motifs is 6. The average Bonchev–Trinajstić information content (AvgIpc) is 3.23. The van der Waals surface area contributed by atoms with Gasteiger partial charge in [-0.25, -0.2) is 15.0 Å². The van der Waals surface area contributed by atoms with Gasteiger partial charge in [-0.1, -0.05) is 158 Å². The summed E-state index contributed by atoms with van der Waals surface area (Å²) >= 11 is 0. The molecule has 4 heteroatoms. The SMILES string of the molecule is c1ccc(-c2ccc(-c3nc(-c4cccc(-c5nccc6ccc7c8ccccc8ccc7c56)c4)nc(-c4ccc5ccccc5c4)n3)cc2)cc1. The Morgan fingerprint density at radius 3 is 1.67 bits per heavy atom. The zero-order valence-corrected chi connectivity index (χ0v) is 28.1. The molecule has 0 aliphatic heterocycles. The van der Waals surface area contributed by atoms with E-state index in [4.69, 9.17) is 19.9 Å². The molecule has 0 aliphatic carbocycles. The molecule has 8 aromatic carbocycles. The molecule has 2 aromatic heterocycles. The number of hydrogen-bond donors (Lipinski definition) is 0. The number of nitrogens with zero attached hydrogens (tertiary/aromatic N) is 4. The predicted molar refractivity (Wildman–Crippen MR) is 215 cm³/mol. The van der Waals surface area contributed by atoms with Crippen LogP contribution in [0.1, 0.15) is 0 Å². The highest BCUT2D eigenvalue weighted by atomic mass is 15.0. The molecule has 0 unspecified atom stereocenters. The van der Waals surface area contributed by atoms with Gasteiger partial charge in [0.15, 0.2) is 17.5 Å². The second kappa shape index (κ2) is 12.4. The number of benzene rings is 8. The number of aromatic nitrogens is 4. The predicted octanol–water partition coefficient (Wildman–Crippen LogP) is 12.2. The van der Waals surface area contributed by atoms with E-state index in [1.165, 1.54) is 32.5 Å². The summed E-state index contributed by atoms with van der Waals surface area (Å²) in [7, 11) is 0. The molecular weight excluding hydrogens is 633 g/mol. The second-order valence-electron chi connectivity index (χ2n) is 13.1. The third-order valence-electron chi connectivity index (χ3n) is 9.94. The molecule has 0 N–H and O–H groups in total. The summed E-state index contributed by atoms with van der Waals surface area (Å²) in [4.78, 5) is 20.2. The van der Waals surface area contributed by atoms with E-state index >= 15 is 0 Å². The third-order valence-corrected chi connectivity index (χ3v) is 9.94. The lowest BCUT2D eigenvalue weighted by atomic mass is 9.94. The summed E-state index contributed by atoms with van der Waals surface area (Å²) < 4.78 is 0. The topological polar surface area (TPSA) is 51.6 Å². The lowest BCUT2D eigenvalue weighted by molar-refractivity contribution is 1.07. The van der Waals surface area contributed by atoms with Crippen molar-refractivity contribution < 1.29 is 0 Å². The Labute approximate surface area is 300 Å². The summed E-state index contributed by atoms with van der Waals surface area (Å²) in [5.74, 6) is 1.86. The molecule has 10 aromatic rings. The van der Waals surface area contributed by atoms with Crippen molar-refractivity contribution >= 4 is 43.1 Å². The Hall–Kier alpha value is -7.04. The Bertz CT molecular complexity index is 2950. The summed E-state index contributed by atoms with van der Waals surface area (Å²) in [6, 6.07) is 61.5. The number of pyridine rings is 1. The van der Waals surface area contributed by atoms with Gasteiger partial charge in [-0.2, -0.15) is 0 Å². The van der Waals surface area contributed by atoms with Crippen molar-refractivity contribution in [3.05, 3.63) is 182 Å². The van der Waals surface area contributed by atoms with Gasteiger partial charge in [0.05, 0.1) is 5.69 Å². The van der Waals surface area contributed by atoms with Crippen molar-refractivity contribution in [2.24, 2.45) is 0 Å². The molecule has 10 rings (SSSR count). The maximum absolute atomic E-state index is 5.11. The van der Waals surface area contributed by atoms with E-state index in [-0.39, 0.29) is 0 Å². The van der Waals surface area contributed by atoms with Gasteiger partial charge < -0.3 is 0 Å². The normalized spacial score (nSPS) is 11.5. The first-order valence-electron chi connectivity index (χ1n) is 17.5. The first-order chi connectivity index (χ1) is 25.7. The summed E-state index contributed by atoms with van der Waals surface area (Å²) in [6.45, 7) is 0. The van der Waals surface area contributed by atoms with Gasteiger partial charge in [-0.3, -0.25) is 4.98 Å². The monoisotopic (exact) mass is 662 g/mol. The standard InChI is InChI=1S/C48H30N4/c1-2-9-31(10-3-1)33-17-20-36(21-18-33)46-50-47(52-48(51-46)40-22-19-32-11-4-5-13-37(32)29-40)39-15-8-14-38(30-39)45-44-35(27-28-49-45)24-25-42-41-16-7-6-12-34(41)23-26-43(42)44/h1-30H. The van der Waals surface area contributed by atoms with Crippen LogP contribution < -0.4 is 0 Å². The molecule has 242 valence electrons. The van der Waals surface area contributed by atoms with Crippen LogP contribution in [0.25, 0.3) is 99.6 Å². The van der Waals surface area contributed by atoms with Crippen LogP contribution in [0.5, 0.6) is 0 Å². The van der Waals surface area contributed by atoms with Crippen molar-refractivity contribution in [3.8, 4) is 56.5 Å². The van der Waals surface area contributed by atoms with Crippen molar-refractivity contribution in [2.75, 3.05) is 0 Å². The molecule has 0 spiro atoms. The fourth-order valence-corrected chi connectivity index (χ4v) is 7.32. The van der Waals surface area contributed by atoms with Crippen molar-refractivity contribution in [1.82, 2.24) is 19.9 Å². The molecule has 0 amide bonds. The molecule has 0 bridgehead atoms. The molecule has 0 saturated carbocycles. The smallest absolute Gasteiger partial charge is 0.164 e. The third kappa shape index (κ3) is 5.26. The minimum Gasteiger partial charge on any atom is -0.256 e. The average molecular weight is 663 g/mol. The molecular formula is C48H30N4. The quantitative estimate of drug-likeness (QED) is 0.172. The lowest BCUT2D eigenvalue weighted by Crippen LogP contribution is -2.00. The highest BCUT2D eigenvalue weighted by Crippen LogP contribution is 2.37. The minimum absolute atomic E-state index is 0.609. The first kappa shape index (κ1) is 29.8. The summed E-state index contributed by atoms with van der Waals surface area (Å²) in [6.07, 6.45) is 1.90. The van der Waals surface area contributed by atoms with E-state index in [0.29, 0.717) is 17.5 Å². The van der Waals surface area contributed by atoms with Gasteiger partial charge in [0.1, 0.15) is 0 Å². The van der Waals surface area contributed by atoms with E-state index in [9.17, 15) is 0 Å². The molecule has 2 heterocycles. The van der Waals surface area contributed by atoms with Gasteiger partial charge >= 0.3 is 0 Å². The minimum atomic E-state index is 0.609. The fraction of sp³-hybridized carbons (Fsp3) is 0. The van der Waals surface area contributed by atoms with Crippen LogP contribution in [0.15, 0.2) is 182 Å². The molecule has 4 nitrogen and oxygen atoms in total. The highest BCUT2D eigenvalue weighted by Gasteiger charge is 2.16. The van der Waals surface area contributed by atoms with E-state index in [2.05, 4.69) is 170 Å². The van der Waals surface area contributed by atoms with Crippen LogP contribution >= 0.6 is 0 Å². The molecule has 0 radical (unpaired) electrons. The van der Waals surface area contributed by atoms with Gasteiger partial charge in [0.25, 0.3) is 0 Å². The fourth-order valence-electron chi connectivity index (χ4n) is 7.32. The number of hydrogen-bond acceptors (Lipinski definition) is 4. The van der Waals surface area contributed by atoms with Crippen LogP contribution in [0.4, 0.5) is 0 Å². The molecule has 52 heavy (non-hydrogen) atoms. The van der Waals surface area contributed by atoms with Crippen LogP contribution in [-0.4, -0.2) is 19.9 Å². The van der Waals surface area contributed by atoms with Gasteiger partial charge in [-0.05, 0) is 67.0 Å². The van der Waals surface area contributed by atoms with Crippen LogP contribution in [0, 0.1) is 0 Å². The molecule has 0 atom stereocenters. The first-order valence-corrected chi connectivity index (χ1v) is 17.5. The summed E-state index contributed by atoms with van der Waals surface area (Å²) in [5.41, 5.74) is 7.01. The van der Waals surface area contributed by atoms with Gasteiger partial charge in [0, 0.05) is 33.8 Å². The maximum Gasteiger partial charge on any atom is 0.164 e. The van der Waals surface area contributed by atoms with E-state index in [0.717, 1.165) is 49.7 Å². The van der Waals surface area contributed by atoms with Crippen molar-refractivity contribution in [3.63, 3.8) is 0 Å². The number of rotatable bonds is 5. The summed E-state index contributed by atoms with van der Waals surface area (Å²) in [5, 5.41) is 9.47. The van der Waals surface area contributed by atoms with Crippen LogP contribution in [0.2, 0.25) is 0 Å². The van der Waals surface area contributed by atoms with Gasteiger partial charge in [0.2, 0.25) is 0 Å². The maximum atomic E-state index is 5.11. The Morgan fingerprint density at radius 2 is 0.846 bits per heavy atom. The zero-order valence-electron chi connectivity index (χ0n) is 28.1. The largest absolute Gasteiger partial charge is 0.256 e. The second-order valence-corrected chi connectivity index (χ2v) is 13.1. The van der Waals surface area contributed by atoms with Crippen LogP contribution in [0.3, 0.4) is 0 Å². The molecule has 0 aliphatic rings. The van der Waals surface area contributed by atoms with E-state index in [1.54, 1.807) is 0 Å².